The average Bonchev–Trinajstić information content (AvgIpc) is 3.31. The van der Waals surface area contributed by atoms with Crippen LogP contribution >= 0.6 is 0 Å². The number of benzene rings is 5. The molecular formula is C40H35N. The van der Waals surface area contributed by atoms with Gasteiger partial charge in [0.15, 0.2) is 0 Å². The van der Waals surface area contributed by atoms with Gasteiger partial charge in [-0.15, -0.1) is 0 Å². The predicted molar refractivity (Wildman–Crippen MR) is 170 cm³/mol. The van der Waals surface area contributed by atoms with Crippen molar-refractivity contribution in [3.63, 3.8) is 0 Å². The zero-order valence-corrected chi connectivity index (χ0v) is 23.4. The van der Waals surface area contributed by atoms with E-state index >= 15 is 0 Å². The highest BCUT2D eigenvalue weighted by Gasteiger charge is 2.61. The molecule has 0 radical (unpaired) electrons. The van der Waals surface area contributed by atoms with Gasteiger partial charge in [-0.3, -0.25) is 0 Å². The second kappa shape index (κ2) is 8.95. The van der Waals surface area contributed by atoms with Gasteiger partial charge in [-0.1, -0.05) is 91.0 Å². The van der Waals surface area contributed by atoms with Crippen LogP contribution in [0.25, 0.3) is 22.3 Å². The molecule has 0 saturated heterocycles. The molecule has 1 nitrogen and oxygen atoms in total. The summed E-state index contributed by atoms with van der Waals surface area (Å²) in [6.45, 7) is 0. The minimum Gasteiger partial charge on any atom is -0.310 e. The van der Waals surface area contributed by atoms with E-state index in [1.54, 1.807) is 11.1 Å². The van der Waals surface area contributed by atoms with Crippen LogP contribution in [0.3, 0.4) is 0 Å². The molecule has 4 fully saturated rings. The second-order valence-corrected chi connectivity index (χ2v) is 13.0. The van der Waals surface area contributed by atoms with Crippen LogP contribution in [0.5, 0.6) is 0 Å². The molecule has 0 aliphatic heterocycles. The molecule has 10 rings (SSSR count). The molecule has 5 aliphatic rings. The molecule has 200 valence electrons. The Balaban J connectivity index is 1.19. The molecule has 0 aromatic heterocycles. The van der Waals surface area contributed by atoms with Gasteiger partial charge in [-0.05, 0) is 126 Å². The van der Waals surface area contributed by atoms with Gasteiger partial charge in [-0.25, -0.2) is 0 Å². The van der Waals surface area contributed by atoms with E-state index in [0.29, 0.717) is 0 Å². The normalized spacial score (nSPS) is 26.6. The maximum Gasteiger partial charge on any atom is 0.0468 e. The van der Waals surface area contributed by atoms with E-state index in [2.05, 4.69) is 132 Å². The van der Waals surface area contributed by atoms with Crippen molar-refractivity contribution in [1.29, 1.82) is 0 Å². The molecule has 4 saturated carbocycles. The first-order chi connectivity index (χ1) is 20.3. The molecule has 1 heteroatoms. The quantitative estimate of drug-likeness (QED) is 0.224. The van der Waals surface area contributed by atoms with Crippen molar-refractivity contribution in [3.05, 3.63) is 139 Å². The number of rotatable bonds is 4. The van der Waals surface area contributed by atoms with Crippen LogP contribution in [-0.4, -0.2) is 0 Å². The van der Waals surface area contributed by atoms with Crippen LogP contribution in [0.15, 0.2) is 127 Å². The summed E-state index contributed by atoms with van der Waals surface area (Å²) < 4.78 is 0. The summed E-state index contributed by atoms with van der Waals surface area (Å²) in [5.74, 6) is 3.52. The summed E-state index contributed by atoms with van der Waals surface area (Å²) in [7, 11) is 0. The van der Waals surface area contributed by atoms with Crippen LogP contribution in [-0.2, 0) is 5.41 Å². The number of hydrogen-bond donors (Lipinski definition) is 0. The third kappa shape index (κ3) is 3.42. The fourth-order valence-electron chi connectivity index (χ4n) is 9.74. The number of fused-ring (bicyclic) bond motifs is 3. The second-order valence-electron chi connectivity index (χ2n) is 13.0. The molecule has 41 heavy (non-hydrogen) atoms. The molecule has 0 unspecified atom stereocenters. The standard InChI is InChI=1S/C40H35N/c1-3-9-29(10-4-1)30-15-17-34(18-16-30)41(33-11-5-2-6-12-33)35-19-20-39-37(26-35)36-13-7-8-14-38(36)40(39)31-22-27-21-28(24-31)25-32(40)23-27/h1-20,26-28,31-32H,21-25H2. The minimum atomic E-state index is 0.215. The highest BCUT2D eigenvalue weighted by molar-refractivity contribution is 5.87. The van der Waals surface area contributed by atoms with E-state index in [1.807, 2.05) is 0 Å². The topological polar surface area (TPSA) is 3.24 Å². The summed E-state index contributed by atoms with van der Waals surface area (Å²) in [6.07, 6.45) is 7.18. The molecule has 1 spiro atoms. The summed E-state index contributed by atoms with van der Waals surface area (Å²) in [4.78, 5) is 2.43. The van der Waals surface area contributed by atoms with Crippen molar-refractivity contribution >= 4 is 17.1 Å². The van der Waals surface area contributed by atoms with Gasteiger partial charge in [-0.2, -0.15) is 0 Å². The Morgan fingerprint density at radius 1 is 0.439 bits per heavy atom. The molecule has 5 aromatic carbocycles. The molecule has 4 bridgehead atoms. The molecule has 5 aromatic rings. The molecule has 0 atom stereocenters. The number of nitrogens with zero attached hydrogens (tertiary/aromatic N) is 1. The van der Waals surface area contributed by atoms with E-state index in [9.17, 15) is 0 Å². The lowest BCUT2D eigenvalue weighted by Crippen LogP contribution is -2.55. The maximum atomic E-state index is 2.53. The first-order valence-corrected chi connectivity index (χ1v) is 15.5. The van der Waals surface area contributed by atoms with Gasteiger partial charge in [0.1, 0.15) is 0 Å². The van der Waals surface area contributed by atoms with E-state index in [1.165, 1.54) is 71.4 Å². The number of hydrogen-bond acceptors (Lipinski definition) is 1. The molecule has 5 aliphatic carbocycles. The van der Waals surface area contributed by atoms with Gasteiger partial charge in [0.25, 0.3) is 0 Å². The van der Waals surface area contributed by atoms with E-state index in [0.717, 1.165) is 23.7 Å². The number of para-hydroxylation sites is 1. The largest absolute Gasteiger partial charge is 0.310 e. The highest BCUT2D eigenvalue weighted by atomic mass is 15.1. The third-order valence-corrected chi connectivity index (χ3v) is 11.0. The van der Waals surface area contributed by atoms with Crippen molar-refractivity contribution in [2.75, 3.05) is 4.90 Å². The van der Waals surface area contributed by atoms with Crippen molar-refractivity contribution in [2.24, 2.45) is 23.7 Å². The zero-order chi connectivity index (χ0) is 27.0. The fourth-order valence-corrected chi connectivity index (χ4v) is 9.74. The SMILES string of the molecule is c1ccc(-c2ccc(N(c3ccccc3)c3ccc4c(c3)-c3ccccc3C43C4CC5CC(C4)CC3C5)cc2)cc1. The predicted octanol–water partition coefficient (Wildman–Crippen LogP) is 10.5. The Morgan fingerprint density at radius 2 is 0.976 bits per heavy atom. The van der Waals surface area contributed by atoms with Gasteiger partial charge in [0, 0.05) is 22.5 Å². The van der Waals surface area contributed by atoms with Crippen LogP contribution < -0.4 is 4.90 Å². The van der Waals surface area contributed by atoms with Crippen molar-refractivity contribution in [2.45, 2.75) is 37.5 Å². The van der Waals surface area contributed by atoms with E-state index in [-0.39, 0.29) is 5.41 Å². The van der Waals surface area contributed by atoms with Crippen LogP contribution in [0.2, 0.25) is 0 Å². The Labute approximate surface area is 243 Å². The number of anilines is 3. The summed E-state index contributed by atoms with van der Waals surface area (Å²) in [6, 6.07) is 47.5. The maximum absolute atomic E-state index is 2.53. The molecule has 0 N–H and O–H groups in total. The lowest BCUT2D eigenvalue weighted by molar-refractivity contribution is -0.0399. The minimum absolute atomic E-state index is 0.215. The lowest BCUT2D eigenvalue weighted by Gasteiger charge is -2.61. The molecule has 0 amide bonds. The summed E-state index contributed by atoms with van der Waals surface area (Å²) in [5, 5.41) is 0. The van der Waals surface area contributed by atoms with Crippen LogP contribution in [0.4, 0.5) is 17.1 Å². The fraction of sp³-hybridized carbons (Fsp3) is 0.250. The van der Waals surface area contributed by atoms with Crippen molar-refractivity contribution in [3.8, 4) is 22.3 Å². The Morgan fingerprint density at radius 3 is 1.68 bits per heavy atom. The van der Waals surface area contributed by atoms with Crippen molar-refractivity contribution in [1.82, 2.24) is 0 Å². The Kier molecular flexibility index (Phi) is 5.15. The third-order valence-electron chi connectivity index (χ3n) is 11.0. The highest BCUT2D eigenvalue weighted by Crippen LogP contribution is 2.69. The van der Waals surface area contributed by atoms with Gasteiger partial charge >= 0.3 is 0 Å². The van der Waals surface area contributed by atoms with E-state index in [4.69, 9.17) is 0 Å². The summed E-state index contributed by atoms with van der Waals surface area (Å²) in [5.41, 5.74) is 12.5. The Hall–Kier alpha value is -4.10. The van der Waals surface area contributed by atoms with Crippen molar-refractivity contribution < 1.29 is 0 Å². The van der Waals surface area contributed by atoms with Gasteiger partial charge < -0.3 is 4.90 Å². The van der Waals surface area contributed by atoms with Gasteiger partial charge in [0.2, 0.25) is 0 Å². The first-order valence-electron chi connectivity index (χ1n) is 15.5. The summed E-state index contributed by atoms with van der Waals surface area (Å²) >= 11 is 0. The van der Waals surface area contributed by atoms with E-state index < -0.39 is 0 Å². The molecule has 0 heterocycles. The monoisotopic (exact) mass is 529 g/mol. The van der Waals surface area contributed by atoms with Crippen LogP contribution in [0, 0.1) is 23.7 Å². The van der Waals surface area contributed by atoms with Crippen LogP contribution in [0.1, 0.15) is 43.2 Å². The Bertz CT molecular complexity index is 1710. The zero-order valence-electron chi connectivity index (χ0n) is 23.4. The first kappa shape index (κ1) is 23.6. The molecular weight excluding hydrogens is 494 g/mol. The smallest absolute Gasteiger partial charge is 0.0468 e. The van der Waals surface area contributed by atoms with Gasteiger partial charge in [0.05, 0.1) is 0 Å². The average molecular weight is 530 g/mol. The lowest BCUT2D eigenvalue weighted by atomic mass is 9.43.